The second-order valence-corrected chi connectivity index (χ2v) is 4.24. The van der Waals surface area contributed by atoms with Crippen LogP contribution < -0.4 is 5.32 Å². The van der Waals surface area contributed by atoms with Crippen molar-refractivity contribution in [2.75, 3.05) is 0 Å². The number of hydrogen-bond acceptors (Lipinski definition) is 2. The van der Waals surface area contributed by atoms with Crippen LogP contribution in [0.15, 0.2) is 0 Å². The lowest BCUT2D eigenvalue weighted by molar-refractivity contribution is -0.122. The van der Waals surface area contributed by atoms with Crippen molar-refractivity contribution < 1.29 is 9.90 Å². The SMILES string of the molecule is CC(Cl)C(=O)N[C@H]1CCCC[C@@H]1O. The third kappa shape index (κ3) is 3.16. The average Bonchev–Trinajstić information content (AvgIpc) is 2.08. The fourth-order valence-corrected chi connectivity index (χ4v) is 1.64. The number of nitrogens with one attached hydrogen (secondary N) is 1. The first-order valence-corrected chi connectivity index (χ1v) is 5.17. The van der Waals surface area contributed by atoms with Crippen molar-refractivity contribution in [1.29, 1.82) is 0 Å². The zero-order valence-electron chi connectivity index (χ0n) is 7.79. The van der Waals surface area contributed by atoms with Crippen LogP contribution in [0.3, 0.4) is 0 Å². The molecule has 0 spiro atoms. The lowest BCUT2D eigenvalue weighted by Gasteiger charge is -2.28. The van der Waals surface area contributed by atoms with E-state index in [9.17, 15) is 9.90 Å². The standard InChI is InChI=1S/C9H16ClNO2/c1-6(10)9(13)11-7-4-2-3-5-8(7)12/h6-8,12H,2-5H2,1H3,(H,11,13)/t6?,7-,8-/m0/s1. The van der Waals surface area contributed by atoms with Gasteiger partial charge in [-0.15, -0.1) is 11.6 Å². The highest BCUT2D eigenvalue weighted by Crippen LogP contribution is 2.18. The van der Waals surface area contributed by atoms with E-state index in [-0.39, 0.29) is 11.9 Å². The van der Waals surface area contributed by atoms with Crippen molar-refractivity contribution >= 4 is 17.5 Å². The van der Waals surface area contributed by atoms with E-state index in [1.165, 1.54) is 0 Å². The van der Waals surface area contributed by atoms with E-state index < -0.39 is 11.5 Å². The van der Waals surface area contributed by atoms with Crippen molar-refractivity contribution in [3.05, 3.63) is 0 Å². The predicted molar refractivity (Wildman–Crippen MR) is 51.7 cm³/mol. The maximum absolute atomic E-state index is 11.2. The average molecular weight is 206 g/mol. The van der Waals surface area contributed by atoms with E-state index in [2.05, 4.69) is 5.32 Å². The summed E-state index contributed by atoms with van der Waals surface area (Å²) in [7, 11) is 0. The Bertz CT molecular complexity index is 184. The summed E-state index contributed by atoms with van der Waals surface area (Å²) < 4.78 is 0. The number of amides is 1. The molecule has 1 amide bonds. The van der Waals surface area contributed by atoms with Crippen molar-refractivity contribution in [1.82, 2.24) is 5.32 Å². The molecule has 13 heavy (non-hydrogen) atoms. The normalized spacial score (nSPS) is 31.0. The number of aliphatic hydroxyl groups excluding tert-OH is 1. The second-order valence-electron chi connectivity index (χ2n) is 3.58. The summed E-state index contributed by atoms with van der Waals surface area (Å²) in [5.41, 5.74) is 0. The maximum atomic E-state index is 11.2. The number of alkyl halides is 1. The van der Waals surface area contributed by atoms with Gasteiger partial charge in [-0.2, -0.15) is 0 Å². The first-order chi connectivity index (χ1) is 6.11. The Morgan fingerprint density at radius 2 is 2.15 bits per heavy atom. The number of halogens is 1. The maximum Gasteiger partial charge on any atom is 0.238 e. The van der Waals surface area contributed by atoms with Gasteiger partial charge >= 0.3 is 0 Å². The Morgan fingerprint density at radius 3 is 2.69 bits per heavy atom. The van der Waals surface area contributed by atoms with Crippen LogP contribution in [-0.4, -0.2) is 28.5 Å². The third-order valence-corrected chi connectivity index (χ3v) is 2.62. The van der Waals surface area contributed by atoms with Gasteiger partial charge in [-0.1, -0.05) is 12.8 Å². The Morgan fingerprint density at radius 1 is 1.54 bits per heavy atom. The summed E-state index contributed by atoms with van der Waals surface area (Å²) >= 11 is 5.60. The highest BCUT2D eigenvalue weighted by atomic mass is 35.5. The number of carbonyl (C=O) groups excluding carboxylic acids is 1. The van der Waals surface area contributed by atoms with Crippen molar-refractivity contribution in [3.8, 4) is 0 Å². The molecule has 1 aliphatic rings. The fourth-order valence-electron chi connectivity index (χ4n) is 1.58. The minimum Gasteiger partial charge on any atom is -0.391 e. The number of carbonyl (C=O) groups is 1. The molecule has 1 aliphatic carbocycles. The lowest BCUT2D eigenvalue weighted by Crippen LogP contribution is -2.47. The molecule has 1 rings (SSSR count). The summed E-state index contributed by atoms with van der Waals surface area (Å²) in [5, 5.41) is 11.8. The molecule has 1 unspecified atom stereocenters. The summed E-state index contributed by atoms with van der Waals surface area (Å²) in [6.45, 7) is 1.63. The predicted octanol–water partition coefficient (Wildman–Crippen LogP) is 1.03. The van der Waals surface area contributed by atoms with Gasteiger partial charge in [0, 0.05) is 0 Å². The van der Waals surface area contributed by atoms with Gasteiger partial charge in [-0.25, -0.2) is 0 Å². The van der Waals surface area contributed by atoms with Crippen molar-refractivity contribution in [2.24, 2.45) is 0 Å². The molecule has 0 bridgehead atoms. The molecule has 1 saturated carbocycles. The lowest BCUT2D eigenvalue weighted by atomic mass is 9.92. The van der Waals surface area contributed by atoms with E-state index in [1.54, 1.807) is 6.92 Å². The third-order valence-electron chi connectivity index (χ3n) is 2.42. The van der Waals surface area contributed by atoms with Crippen LogP contribution in [0.1, 0.15) is 32.6 Å². The first-order valence-electron chi connectivity index (χ1n) is 4.74. The van der Waals surface area contributed by atoms with Crippen LogP contribution in [-0.2, 0) is 4.79 Å². The molecule has 0 aromatic carbocycles. The minimum atomic E-state index is -0.519. The van der Waals surface area contributed by atoms with Gasteiger partial charge in [-0.3, -0.25) is 4.79 Å². The van der Waals surface area contributed by atoms with Gasteiger partial charge in [0.05, 0.1) is 12.1 Å². The molecule has 0 radical (unpaired) electrons. The van der Waals surface area contributed by atoms with Crippen LogP contribution in [0.4, 0.5) is 0 Å². The molecule has 76 valence electrons. The molecule has 1 fully saturated rings. The molecule has 0 aliphatic heterocycles. The Labute approximate surface area is 83.5 Å². The Balaban J connectivity index is 2.38. The molecule has 3 atom stereocenters. The number of aliphatic hydroxyl groups is 1. The summed E-state index contributed by atoms with van der Waals surface area (Å²) in [6, 6.07) is -0.0950. The zero-order chi connectivity index (χ0) is 9.84. The first kappa shape index (κ1) is 10.8. The second kappa shape index (κ2) is 4.82. The molecule has 3 nitrogen and oxygen atoms in total. The van der Waals surface area contributed by atoms with Gasteiger partial charge < -0.3 is 10.4 Å². The van der Waals surface area contributed by atoms with E-state index in [1.807, 2.05) is 0 Å². The van der Waals surface area contributed by atoms with Crippen LogP contribution in [0, 0.1) is 0 Å². The van der Waals surface area contributed by atoms with Gasteiger partial charge in [-0.05, 0) is 19.8 Å². The largest absolute Gasteiger partial charge is 0.391 e. The topological polar surface area (TPSA) is 49.3 Å². The van der Waals surface area contributed by atoms with Gasteiger partial charge in [0.1, 0.15) is 5.38 Å². The Hall–Kier alpha value is -0.280. The molecular formula is C9H16ClNO2. The van der Waals surface area contributed by atoms with Crippen LogP contribution in [0.25, 0.3) is 0 Å². The minimum absolute atomic E-state index is 0.0950. The highest BCUT2D eigenvalue weighted by Gasteiger charge is 2.25. The molecule has 4 heteroatoms. The Kier molecular flexibility index (Phi) is 4.00. The fraction of sp³-hybridized carbons (Fsp3) is 0.889. The smallest absolute Gasteiger partial charge is 0.238 e. The molecule has 0 heterocycles. The monoisotopic (exact) mass is 205 g/mol. The van der Waals surface area contributed by atoms with E-state index >= 15 is 0 Å². The summed E-state index contributed by atoms with van der Waals surface area (Å²) in [6.07, 6.45) is 3.36. The van der Waals surface area contributed by atoms with E-state index in [0.717, 1.165) is 25.7 Å². The van der Waals surface area contributed by atoms with Gasteiger partial charge in [0.2, 0.25) is 5.91 Å². The van der Waals surface area contributed by atoms with Gasteiger partial charge in [0.25, 0.3) is 0 Å². The zero-order valence-corrected chi connectivity index (χ0v) is 8.55. The van der Waals surface area contributed by atoms with Crippen LogP contribution in [0.5, 0.6) is 0 Å². The quantitative estimate of drug-likeness (QED) is 0.662. The van der Waals surface area contributed by atoms with Crippen LogP contribution >= 0.6 is 11.6 Å². The highest BCUT2D eigenvalue weighted by molar-refractivity contribution is 6.30. The number of hydrogen-bond donors (Lipinski definition) is 2. The van der Waals surface area contributed by atoms with Crippen molar-refractivity contribution in [2.45, 2.75) is 50.1 Å². The van der Waals surface area contributed by atoms with Crippen molar-refractivity contribution in [3.63, 3.8) is 0 Å². The molecular weight excluding hydrogens is 190 g/mol. The van der Waals surface area contributed by atoms with E-state index in [0.29, 0.717) is 0 Å². The summed E-state index contributed by atoms with van der Waals surface area (Å²) in [4.78, 5) is 11.2. The molecule has 2 N–H and O–H groups in total. The molecule has 0 aromatic rings. The van der Waals surface area contributed by atoms with Crippen LogP contribution in [0.2, 0.25) is 0 Å². The number of rotatable bonds is 2. The van der Waals surface area contributed by atoms with Gasteiger partial charge in [0.15, 0.2) is 0 Å². The molecule has 0 aromatic heterocycles. The van der Waals surface area contributed by atoms with E-state index in [4.69, 9.17) is 11.6 Å². The summed E-state index contributed by atoms with van der Waals surface area (Å²) in [5.74, 6) is -0.187. The molecule has 0 saturated heterocycles.